The number of benzene rings is 3. The Morgan fingerprint density at radius 1 is 1.08 bits per heavy atom. The Morgan fingerprint density at radius 2 is 1.81 bits per heavy atom. The molecule has 1 heterocycles. The van der Waals surface area contributed by atoms with Gasteiger partial charge in [-0.15, -0.1) is 0 Å². The van der Waals surface area contributed by atoms with Crippen LogP contribution in [0.2, 0.25) is 0 Å². The summed E-state index contributed by atoms with van der Waals surface area (Å²) >= 11 is 0. The van der Waals surface area contributed by atoms with E-state index in [2.05, 4.69) is 5.32 Å². The number of ether oxygens (including phenoxy) is 1. The Labute approximate surface area is 209 Å². The maximum absolute atomic E-state index is 13.5. The standard InChI is InChI=1S/C26H26FN3O5S/c1-35-23-11-13-24(14-12-23)36(33,34)30(21-9-7-20(27)8-10-21)18-25(31)28-17-19-4-2-5-22(16-19)29-15-3-6-26(29)32/h2,4-5,7-14,16H,3,6,15,17-18H2,1H3,(H,28,31). The van der Waals surface area contributed by atoms with E-state index in [1.807, 2.05) is 18.2 Å². The van der Waals surface area contributed by atoms with Gasteiger partial charge >= 0.3 is 0 Å². The van der Waals surface area contributed by atoms with E-state index in [1.165, 1.54) is 43.5 Å². The SMILES string of the molecule is COc1ccc(S(=O)(=O)N(CC(=O)NCc2cccc(N3CCCC3=O)c2)c2ccc(F)cc2)cc1. The second-order valence-corrected chi connectivity index (χ2v) is 10.1. The third-order valence-electron chi connectivity index (χ3n) is 5.83. The number of hydrogen-bond donors (Lipinski definition) is 1. The first kappa shape index (κ1) is 25.2. The monoisotopic (exact) mass is 511 g/mol. The average Bonchev–Trinajstić information content (AvgIpc) is 3.32. The van der Waals surface area contributed by atoms with Crippen molar-refractivity contribution in [3.05, 3.63) is 84.2 Å². The van der Waals surface area contributed by atoms with Gasteiger partial charge in [-0.05, 0) is 72.6 Å². The van der Waals surface area contributed by atoms with E-state index in [-0.39, 0.29) is 23.0 Å². The molecule has 188 valence electrons. The summed E-state index contributed by atoms with van der Waals surface area (Å²) in [6, 6.07) is 18.0. The number of halogens is 1. The fourth-order valence-electron chi connectivity index (χ4n) is 3.94. The molecule has 36 heavy (non-hydrogen) atoms. The van der Waals surface area contributed by atoms with Crippen LogP contribution < -0.4 is 19.3 Å². The molecule has 8 nitrogen and oxygen atoms in total. The summed E-state index contributed by atoms with van der Waals surface area (Å²) < 4.78 is 46.4. The van der Waals surface area contributed by atoms with Gasteiger partial charge in [-0.2, -0.15) is 0 Å². The molecule has 10 heteroatoms. The Morgan fingerprint density at radius 3 is 2.44 bits per heavy atom. The minimum Gasteiger partial charge on any atom is -0.497 e. The Balaban J connectivity index is 1.51. The lowest BCUT2D eigenvalue weighted by Gasteiger charge is -2.24. The van der Waals surface area contributed by atoms with Gasteiger partial charge in [0.05, 0.1) is 17.7 Å². The fraction of sp³-hybridized carbons (Fsp3) is 0.231. The highest BCUT2D eigenvalue weighted by atomic mass is 32.2. The van der Waals surface area contributed by atoms with Gasteiger partial charge in [-0.3, -0.25) is 13.9 Å². The van der Waals surface area contributed by atoms with Gasteiger partial charge in [0.2, 0.25) is 11.8 Å². The van der Waals surface area contributed by atoms with Crippen molar-refractivity contribution >= 4 is 33.2 Å². The van der Waals surface area contributed by atoms with Crippen molar-refractivity contribution in [2.24, 2.45) is 0 Å². The van der Waals surface area contributed by atoms with Gasteiger partial charge in [0, 0.05) is 25.2 Å². The summed E-state index contributed by atoms with van der Waals surface area (Å²) in [7, 11) is -2.67. The van der Waals surface area contributed by atoms with Crippen LogP contribution in [-0.2, 0) is 26.2 Å². The molecule has 0 atom stereocenters. The van der Waals surface area contributed by atoms with E-state index in [1.54, 1.807) is 11.0 Å². The number of carbonyl (C=O) groups excluding carboxylic acids is 2. The zero-order chi connectivity index (χ0) is 25.7. The van der Waals surface area contributed by atoms with Crippen LogP contribution >= 0.6 is 0 Å². The summed E-state index contributed by atoms with van der Waals surface area (Å²) in [5.41, 5.74) is 1.68. The summed E-state index contributed by atoms with van der Waals surface area (Å²) in [5, 5.41) is 2.74. The van der Waals surface area contributed by atoms with Crippen LogP contribution in [0.25, 0.3) is 0 Å². The van der Waals surface area contributed by atoms with Crippen molar-refractivity contribution in [2.45, 2.75) is 24.3 Å². The normalized spacial score (nSPS) is 13.5. The maximum Gasteiger partial charge on any atom is 0.264 e. The molecule has 1 N–H and O–H groups in total. The highest BCUT2D eigenvalue weighted by molar-refractivity contribution is 7.92. The molecule has 2 amide bonds. The van der Waals surface area contributed by atoms with E-state index in [0.717, 1.165) is 34.1 Å². The summed E-state index contributed by atoms with van der Waals surface area (Å²) in [6.45, 7) is 0.295. The molecule has 0 unspecified atom stereocenters. The first-order valence-corrected chi connectivity index (χ1v) is 12.8. The van der Waals surface area contributed by atoms with Crippen molar-refractivity contribution in [1.29, 1.82) is 0 Å². The lowest BCUT2D eigenvalue weighted by Crippen LogP contribution is -2.40. The minimum absolute atomic E-state index is 0.0385. The number of carbonyl (C=O) groups is 2. The number of rotatable bonds is 9. The first-order chi connectivity index (χ1) is 17.3. The minimum atomic E-state index is -4.14. The molecule has 0 radical (unpaired) electrons. The molecule has 0 spiro atoms. The van der Waals surface area contributed by atoms with E-state index < -0.39 is 28.3 Å². The smallest absolute Gasteiger partial charge is 0.264 e. The largest absolute Gasteiger partial charge is 0.497 e. The zero-order valence-corrected chi connectivity index (χ0v) is 20.5. The van der Waals surface area contributed by atoms with Crippen LogP contribution in [-0.4, -0.2) is 40.4 Å². The van der Waals surface area contributed by atoms with E-state index >= 15 is 0 Å². The molecule has 4 rings (SSSR count). The van der Waals surface area contributed by atoms with Crippen LogP contribution in [0.5, 0.6) is 5.75 Å². The molecule has 1 saturated heterocycles. The topological polar surface area (TPSA) is 96.0 Å². The Kier molecular flexibility index (Phi) is 7.54. The molecule has 1 aliphatic rings. The number of amides is 2. The summed E-state index contributed by atoms with van der Waals surface area (Å²) in [4.78, 5) is 26.6. The number of methoxy groups -OCH3 is 1. The number of nitrogens with one attached hydrogen (secondary N) is 1. The molecule has 1 aliphatic heterocycles. The quantitative estimate of drug-likeness (QED) is 0.475. The zero-order valence-electron chi connectivity index (χ0n) is 19.7. The number of nitrogens with zero attached hydrogens (tertiary/aromatic N) is 2. The van der Waals surface area contributed by atoms with Gasteiger partial charge in [0.1, 0.15) is 18.1 Å². The van der Waals surface area contributed by atoms with E-state index in [4.69, 9.17) is 4.74 Å². The second-order valence-electron chi connectivity index (χ2n) is 8.26. The third kappa shape index (κ3) is 5.65. The molecule has 1 fully saturated rings. The Bertz CT molecular complexity index is 1340. The lowest BCUT2D eigenvalue weighted by atomic mass is 10.2. The van der Waals surface area contributed by atoms with Gasteiger partial charge in [-0.25, -0.2) is 12.8 Å². The van der Waals surface area contributed by atoms with E-state index in [9.17, 15) is 22.4 Å². The van der Waals surface area contributed by atoms with Crippen molar-refractivity contribution in [3.8, 4) is 5.75 Å². The van der Waals surface area contributed by atoms with Crippen molar-refractivity contribution < 1.29 is 27.1 Å². The first-order valence-electron chi connectivity index (χ1n) is 11.4. The second kappa shape index (κ2) is 10.8. The molecule has 0 aromatic heterocycles. The Hall–Kier alpha value is -3.92. The van der Waals surface area contributed by atoms with Crippen LogP contribution in [0.15, 0.2) is 77.7 Å². The molecule has 0 aliphatic carbocycles. The molecule has 3 aromatic carbocycles. The average molecular weight is 512 g/mol. The summed E-state index contributed by atoms with van der Waals surface area (Å²) in [6.07, 6.45) is 1.32. The third-order valence-corrected chi connectivity index (χ3v) is 7.62. The predicted octanol–water partition coefficient (Wildman–Crippen LogP) is 3.47. The number of anilines is 2. The van der Waals surface area contributed by atoms with Gasteiger partial charge in [0.25, 0.3) is 10.0 Å². The van der Waals surface area contributed by atoms with Crippen molar-refractivity contribution in [2.75, 3.05) is 29.4 Å². The molecule has 3 aromatic rings. The van der Waals surface area contributed by atoms with Crippen molar-refractivity contribution in [3.63, 3.8) is 0 Å². The highest BCUT2D eigenvalue weighted by Crippen LogP contribution is 2.26. The molecular weight excluding hydrogens is 485 g/mol. The van der Waals surface area contributed by atoms with Gasteiger partial charge < -0.3 is 15.0 Å². The van der Waals surface area contributed by atoms with Crippen LogP contribution in [0.1, 0.15) is 18.4 Å². The number of hydrogen-bond acceptors (Lipinski definition) is 5. The van der Waals surface area contributed by atoms with Gasteiger partial charge in [-0.1, -0.05) is 12.1 Å². The molecular formula is C26H26FN3O5S. The van der Waals surface area contributed by atoms with Crippen molar-refractivity contribution in [1.82, 2.24) is 5.32 Å². The lowest BCUT2D eigenvalue weighted by molar-refractivity contribution is -0.120. The van der Waals surface area contributed by atoms with Gasteiger partial charge in [0.15, 0.2) is 0 Å². The van der Waals surface area contributed by atoms with Crippen LogP contribution in [0.3, 0.4) is 0 Å². The highest BCUT2D eigenvalue weighted by Gasteiger charge is 2.27. The van der Waals surface area contributed by atoms with E-state index in [0.29, 0.717) is 18.7 Å². The predicted molar refractivity (Wildman–Crippen MR) is 134 cm³/mol. The molecule has 0 bridgehead atoms. The van der Waals surface area contributed by atoms with Crippen LogP contribution in [0.4, 0.5) is 15.8 Å². The fourth-order valence-corrected chi connectivity index (χ4v) is 5.36. The molecule has 0 saturated carbocycles. The van der Waals surface area contributed by atoms with Crippen LogP contribution in [0, 0.1) is 5.82 Å². The number of sulfonamides is 1. The maximum atomic E-state index is 13.5. The summed E-state index contributed by atoms with van der Waals surface area (Å²) in [5.74, 6) is -0.520.